The average Bonchev–Trinajstić information content (AvgIpc) is 2.14. The molecule has 3 heteroatoms. The number of thioether (sulfide) groups is 1. The Bertz CT molecular complexity index is 53.7. The van der Waals surface area contributed by atoms with E-state index in [0.29, 0.717) is 5.37 Å². The summed E-state index contributed by atoms with van der Waals surface area (Å²) < 4.78 is 0. The zero-order chi connectivity index (χ0) is 5.11. The fraction of sp³-hybridized carbons (Fsp3) is 1.00. The Morgan fingerprint density at radius 3 is 3.00 bits per heavy atom. The molecule has 0 bridgehead atoms. The van der Waals surface area contributed by atoms with Crippen LogP contribution in [0.15, 0.2) is 0 Å². The van der Waals surface area contributed by atoms with Crippen LogP contribution < -0.4 is 5.32 Å². The van der Waals surface area contributed by atoms with Crippen LogP contribution in [0.2, 0.25) is 0 Å². The second kappa shape index (κ2) is 2.80. The summed E-state index contributed by atoms with van der Waals surface area (Å²) in [6, 6.07) is 0. The molecule has 1 N–H and O–H groups in total. The molecule has 0 radical (unpaired) electrons. The lowest BCUT2D eigenvalue weighted by Crippen LogP contribution is -2.20. The lowest BCUT2D eigenvalue weighted by molar-refractivity contribution is 0.765. The monoisotopic (exact) mass is 137 g/mol. The average molecular weight is 138 g/mol. The van der Waals surface area contributed by atoms with Crippen molar-refractivity contribution in [2.75, 3.05) is 18.2 Å². The van der Waals surface area contributed by atoms with E-state index in [1.807, 2.05) is 11.8 Å². The van der Waals surface area contributed by atoms with Gasteiger partial charge in [0.15, 0.2) is 0 Å². The van der Waals surface area contributed by atoms with Gasteiger partial charge in [0, 0.05) is 18.2 Å². The van der Waals surface area contributed by atoms with Crippen molar-refractivity contribution in [1.82, 2.24) is 5.32 Å². The predicted molar refractivity (Wildman–Crippen MR) is 35.0 cm³/mol. The Kier molecular flexibility index (Phi) is 2.29. The standard InChI is InChI=1S/C4H8ClNS/c5-3-4-6-1-2-7-4/h4,6H,1-3H2. The largest absolute Gasteiger partial charge is 0.304 e. The molecule has 0 amide bonds. The van der Waals surface area contributed by atoms with Crippen LogP contribution in [0.1, 0.15) is 0 Å². The summed E-state index contributed by atoms with van der Waals surface area (Å²) in [6.45, 7) is 1.13. The maximum absolute atomic E-state index is 5.52. The topological polar surface area (TPSA) is 12.0 Å². The highest BCUT2D eigenvalue weighted by atomic mass is 35.5. The van der Waals surface area contributed by atoms with Gasteiger partial charge in [-0.3, -0.25) is 0 Å². The summed E-state index contributed by atoms with van der Waals surface area (Å²) in [5, 5.41) is 3.77. The van der Waals surface area contributed by atoms with E-state index < -0.39 is 0 Å². The van der Waals surface area contributed by atoms with Crippen molar-refractivity contribution in [3.63, 3.8) is 0 Å². The molecule has 1 aliphatic heterocycles. The van der Waals surface area contributed by atoms with Crippen LogP contribution in [-0.2, 0) is 0 Å². The maximum Gasteiger partial charge on any atom is 0.0670 e. The van der Waals surface area contributed by atoms with E-state index in [-0.39, 0.29) is 0 Å². The van der Waals surface area contributed by atoms with Crippen LogP contribution in [0.25, 0.3) is 0 Å². The summed E-state index contributed by atoms with van der Waals surface area (Å²) in [5.74, 6) is 1.96. The second-order valence-electron chi connectivity index (χ2n) is 1.47. The van der Waals surface area contributed by atoms with Crippen molar-refractivity contribution < 1.29 is 0 Å². The summed E-state index contributed by atoms with van der Waals surface area (Å²) in [6.07, 6.45) is 0. The molecule has 0 spiro atoms. The molecule has 1 unspecified atom stereocenters. The first-order valence-electron chi connectivity index (χ1n) is 2.34. The number of hydrogen-bond donors (Lipinski definition) is 1. The van der Waals surface area contributed by atoms with Crippen LogP contribution in [0, 0.1) is 0 Å². The molecule has 0 aliphatic carbocycles. The highest BCUT2D eigenvalue weighted by Crippen LogP contribution is 2.13. The molecule has 1 saturated heterocycles. The molecule has 1 rings (SSSR count). The van der Waals surface area contributed by atoms with Gasteiger partial charge in [0.05, 0.1) is 5.37 Å². The van der Waals surface area contributed by atoms with Gasteiger partial charge in [-0.1, -0.05) is 0 Å². The van der Waals surface area contributed by atoms with Crippen LogP contribution >= 0.6 is 23.4 Å². The number of rotatable bonds is 1. The third-order valence-corrected chi connectivity index (χ3v) is 2.60. The third kappa shape index (κ3) is 1.52. The van der Waals surface area contributed by atoms with E-state index in [1.54, 1.807) is 0 Å². The predicted octanol–water partition coefficient (Wildman–Crippen LogP) is 0.888. The lowest BCUT2D eigenvalue weighted by Gasteiger charge is -1.99. The first kappa shape index (κ1) is 5.73. The van der Waals surface area contributed by atoms with Crippen LogP contribution in [0.3, 0.4) is 0 Å². The zero-order valence-corrected chi connectivity index (χ0v) is 5.56. The van der Waals surface area contributed by atoms with Gasteiger partial charge in [0.2, 0.25) is 0 Å². The molecule has 1 heterocycles. The maximum atomic E-state index is 5.52. The van der Waals surface area contributed by atoms with Gasteiger partial charge in [-0.2, -0.15) is 0 Å². The van der Waals surface area contributed by atoms with Gasteiger partial charge >= 0.3 is 0 Å². The van der Waals surface area contributed by atoms with Crippen molar-refractivity contribution in [1.29, 1.82) is 0 Å². The van der Waals surface area contributed by atoms with Gasteiger partial charge in [0.1, 0.15) is 0 Å². The Hall–Kier alpha value is 0.600. The van der Waals surface area contributed by atoms with E-state index >= 15 is 0 Å². The number of alkyl halides is 1. The summed E-state index contributed by atoms with van der Waals surface area (Å²) in [5.41, 5.74) is 0. The molecular weight excluding hydrogens is 130 g/mol. The minimum Gasteiger partial charge on any atom is -0.304 e. The Morgan fingerprint density at radius 1 is 1.86 bits per heavy atom. The van der Waals surface area contributed by atoms with Gasteiger partial charge < -0.3 is 5.32 Å². The molecular formula is C4H8ClNS. The summed E-state index contributed by atoms with van der Waals surface area (Å²) >= 11 is 7.42. The first-order chi connectivity index (χ1) is 3.43. The molecule has 1 fully saturated rings. The lowest BCUT2D eigenvalue weighted by atomic mass is 10.7. The van der Waals surface area contributed by atoms with Crippen molar-refractivity contribution in [2.24, 2.45) is 0 Å². The van der Waals surface area contributed by atoms with E-state index in [9.17, 15) is 0 Å². The summed E-state index contributed by atoms with van der Waals surface area (Å²) in [7, 11) is 0. The number of hydrogen-bond acceptors (Lipinski definition) is 2. The van der Waals surface area contributed by atoms with E-state index in [2.05, 4.69) is 5.32 Å². The molecule has 42 valence electrons. The number of nitrogens with one attached hydrogen (secondary N) is 1. The van der Waals surface area contributed by atoms with Crippen molar-refractivity contribution in [3.8, 4) is 0 Å². The minimum absolute atomic E-state index is 0.529. The van der Waals surface area contributed by atoms with Gasteiger partial charge in [-0.15, -0.1) is 23.4 Å². The molecule has 0 aromatic rings. The Morgan fingerprint density at radius 2 is 2.71 bits per heavy atom. The molecule has 0 aromatic carbocycles. The van der Waals surface area contributed by atoms with Gasteiger partial charge in [-0.05, 0) is 0 Å². The van der Waals surface area contributed by atoms with Gasteiger partial charge in [0.25, 0.3) is 0 Å². The Balaban J connectivity index is 2.14. The summed E-state index contributed by atoms with van der Waals surface area (Å²) in [4.78, 5) is 0. The van der Waals surface area contributed by atoms with Crippen molar-refractivity contribution in [2.45, 2.75) is 5.37 Å². The van der Waals surface area contributed by atoms with Crippen LogP contribution in [0.5, 0.6) is 0 Å². The fourth-order valence-corrected chi connectivity index (χ4v) is 1.80. The minimum atomic E-state index is 0.529. The third-order valence-electron chi connectivity index (χ3n) is 0.933. The van der Waals surface area contributed by atoms with Gasteiger partial charge in [-0.25, -0.2) is 0 Å². The highest BCUT2D eigenvalue weighted by molar-refractivity contribution is 8.00. The fourth-order valence-electron chi connectivity index (χ4n) is 0.579. The van der Waals surface area contributed by atoms with Crippen molar-refractivity contribution in [3.05, 3.63) is 0 Å². The van der Waals surface area contributed by atoms with E-state index in [1.165, 1.54) is 5.75 Å². The Labute approximate surface area is 52.8 Å². The zero-order valence-electron chi connectivity index (χ0n) is 3.98. The quantitative estimate of drug-likeness (QED) is 0.539. The SMILES string of the molecule is ClCC1NCCS1. The van der Waals surface area contributed by atoms with E-state index in [0.717, 1.165) is 12.4 Å². The normalized spacial score (nSPS) is 31.3. The highest BCUT2D eigenvalue weighted by Gasteiger charge is 2.11. The van der Waals surface area contributed by atoms with E-state index in [4.69, 9.17) is 11.6 Å². The molecule has 0 aromatic heterocycles. The molecule has 7 heavy (non-hydrogen) atoms. The molecule has 1 aliphatic rings. The molecule has 0 saturated carbocycles. The van der Waals surface area contributed by atoms with Crippen LogP contribution in [-0.4, -0.2) is 23.6 Å². The molecule has 1 atom stereocenters. The van der Waals surface area contributed by atoms with Crippen LogP contribution in [0.4, 0.5) is 0 Å². The number of halogens is 1. The smallest absolute Gasteiger partial charge is 0.0670 e. The first-order valence-corrected chi connectivity index (χ1v) is 3.93. The van der Waals surface area contributed by atoms with Crippen molar-refractivity contribution >= 4 is 23.4 Å². The molecule has 1 nitrogen and oxygen atoms in total. The second-order valence-corrected chi connectivity index (χ2v) is 3.09.